The molecule has 3 aliphatic rings. The number of likely N-dealkylation sites (tertiary alicyclic amines) is 1. The number of hydrogen-bond donors (Lipinski definition) is 0. The van der Waals surface area contributed by atoms with E-state index in [-0.39, 0.29) is 5.91 Å². The second-order valence-electron chi connectivity index (χ2n) is 6.96. The predicted molar refractivity (Wildman–Crippen MR) is 85.9 cm³/mol. The summed E-state index contributed by atoms with van der Waals surface area (Å²) in [5.41, 5.74) is 1.14. The van der Waals surface area contributed by atoms with Crippen LogP contribution in [0.5, 0.6) is 0 Å². The van der Waals surface area contributed by atoms with Crippen molar-refractivity contribution in [3.05, 3.63) is 23.4 Å². The standard InChI is InChI=1S/C17H24N4O3/c1-12-16(24-9-8-23-12)17(22)20-6-4-13(5-7-20)10-21-11-15(18-19-21)14-2-3-14/h11,13-14H,2-10H2,1H3. The molecule has 0 N–H and O–H groups in total. The van der Waals surface area contributed by atoms with E-state index in [0.29, 0.717) is 36.6 Å². The van der Waals surface area contributed by atoms with Crippen LogP contribution in [0.2, 0.25) is 0 Å². The second-order valence-corrected chi connectivity index (χ2v) is 6.96. The molecule has 0 spiro atoms. The van der Waals surface area contributed by atoms with Crippen LogP contribution in [0, 0.1) is 5.92 Å². The third kappa shape index (κ3) is 3.25. The van der Waals surface area contributed by atoms with Crippen molar-refractivity contribution in [2.45, 2.75) is 45.1 Å². The Labute approximate surface area is 141 Å². The lowest BCUT2D eigenvalue weighted by Crippen LogP contribution is -2.41. The van der Waals surface area contributed by atoms with E-state index >= 15 is 0 Å². The molecule has 1 saturated carbocycles. The van der Waals surface area contributed by atoms with Gasteiger partial charge in [0.1, 0.15) is 19.0 Å². The van der Waals surface area contributed by atoms with Crippen molar-refractivity contribution in [1.29, 1.82) is 0 Å². The lowest BCUT2D eigenvalue weighted by atomic mass is 9.96. The average molecular weight is 332 g/mol. The normalized spacial score (nSPS) is 22.3. The summed E-state index contributed by atoms with van der Waals surface area (Å²) in [6.45, 7) is 5.17. The van der Waals surface area contributed by atoms with E-state index in [9.17, 15) is 4.79 Å². The number of amides is 1. The molecule has 0 unspecified atom stereocenters. The zero-order chi connectivity index (χ0) is 16.5. The zero-order valence-electron chi connectivity index (χ0n) is 14.1. The lowest BCUT2D eigenvalue weighted by molar-refractivity contribution is -0.134. The van der Waals surface area contributed by atoms with Crippen LogP contribution < -0.4 is 0 Å². The number of rotatable bonds is 4. The largest absolute Gasteiger partial charge is 0.491 e. The Bertz CT molecular complexity index is 642. The molecule has 2 aliphatic heterocycles. The molecule has 7 nitrogen and oxygen atoms in total. The first-order chi connectivity index (χ1) is 11.7. The molecule has 2 fully saturated rings. The number of ether oxygens (including phenoxy) is 2. The topological polar surface area (TPSA) is 69.5 Å². The number of piperidine rings is 1. The summed E-state index contributed by atoms with van der Waals surface area (Å²) in [6.07, 6.45) is 6.56. The van der Waals surface area contributed by atoms with E-state index in [2.05, 4.69) is 16.5 Å². The molecule has 0 radical (unpaired) electrons. The molecule has 3 heterocycles. The van der Waals surface area contributed by atoms with Crippen molar-refractivity contribution in [3.8, 4) is 0 Å². The fourth-order valence-corrected chi connectivity index (χ4v) is 3.41. The third-order valence-electron chi connectivity index (χ3n) is 5.06. The highest BCUT2D eigenvalue weighted by molar-refractivity contribution is 5.92. The maximum atomic E-state index is 12.5. The molecular weight excluding hydrogens is 308 g/mol. The molecule has 1 amide bonds. The van der Waals surface area contributed by atoms with Gasteiger partial charge in [0, 0.05) is 31.7 Å². The summed E-state index contributed by atoms with van der Waals surface area (Å²) in [5, 5.41) is 8.52. The van der Waals surface area contributed by atoms with Crippen LogP contribution in [-0.2, 0) is 20.8 Å². The zero-order valence-corrected chi connectivity index (χ0v) is 14.1. The van der Waals surface area contributed by atoms with Gasteiger partial charge in [-0.2, -0.15) is 0 Å². The number of hydrogen-bond acceptors (Lipinski definition) is 5. The predicted octanol–water partition coefficient (Wildman–Crippen LogP) is 1.67. The van der Waals surface area contributed by atoms with E-state index in [0.717, 1.165) is 38.2 Å². The van der Waals surface area contributed by atoms with Crippen molar-refractivity contribution < 1.29 is 14.3 Å². The highest BCUT2D eigenvalue weighted by Gasteiger charge is 2.30. The summed E-state index contributed by atoms with van der Waals surface area (Å²) in [5.74, 6) is 2.13. The Morgan fingerprint density at radius 2 is 1.96 bits per heavy atom. The lowest BCUT2D eigenvalue weighted by Gasteiger charge is -2.33. The van der Waals surface area contributed by atoms with Crippen LogP contribution in [0.4, 0.5) is 0 Å². The van der Waals surface area contributed by atoms with Gasteiger partial charge in [0.05, 0.1) is 5.69 Å². The quantitative estimate of drug-likeness (QED) is 0.839. The smallest absolute Gasteiger partial charge is 0.292 e. The van der Waals surface area contributed by atoms with Crippen molar-refractivity contribution >= 4 is 5.91 Å². The summed E-state index contributed by atoms with van der Waals surface area (Å²) < 4.78 is 12.9. The van der Waals surface area contributed by atoms with E-state index in [4.69, 9.17) is 9.47 Å². The molecule has 4 rings (SSSR count). The fraction of sp³-hybridized carbons (Fsp3) is 0.706. The molecule has 130 valence electrons. The molecule has 1 saturated heterocycles. The van der Waals surface area contributed by atoms with Crippen LogP contribution in [-0.4, -0.2) is 52.1 Å². The Morgan fingerprint density at radius 3 is 2.67 bits per heavy atom. The SMILES string of the molecule is CC1=C(C(=O)N2CCC(Cn3cc(C4CC4)nn3)CC2)OCCO1. The van der Waals surface area contributed by atoms with Gasteiger partial charge < -0.3 is 14.4 Å². The van der Waals surface area contributed by atoms with E-state index < -0.39 is 0 Å². The van der Waals surface area contributed by atoms with Gasteiger partial charge in [-0.1, -0.05) is 5.21 Å². The molecule has 1 aromatic heterocycles. The van der Waals surface area contributed by atoms with E-state index in [1.54, 1.807) is 6.92 Å². The number of carbonyl (C=O) groups is 1. The van der Waals surface area contributed by atoms with E-state index in [1.807, 2.05) is 9.58 Å². The second kappa shape index (κ2) is 6.45. The van der Waals surface area contributed by atoms with Gasteiger partial charge in [-0.3, -0.25) is 9.48 Å². The fourth-order valence-electron chi connectivity index (χ4n) is 3.41. The molecular formula is C17H24N4O3. The first-order valence-electron chi connectivity index (χ1n) is 8.86. The van der Waals surface area contributed by atoms with Crippen LogP contribution in [0.3, 0.4) is 0 Å². The Morgan fingerprint density at radius 1 is 1.21 bits per heavy atom. The highest BCUT2D eigenvalue weighted by Crippen LogP contribution is 2.38. The highest BCUT2D eigenvalue weighted by atomic mass is 16.6. The molecule has 7 heteroatoms. The minimum Gasteiger partial charge on any atom is -0.491 e. The van der Waals surface area contributed by atoms with Crippen LogP contribution in [0.1, 0.15) is 44.2 Å². The molecule has 0 aromatic carbocycles. The van der Waals surface area contributed by atoms with E-state index in [1.165, 1.54) is 12.8 Å². The van der Waals surface area contributed by atoms with Gasteiger partial charge in [-0.05, 0) is 38.5 Å². The first kappa shape index (κ1) is 15.5. The van der Waals surface area contributed by atoms with Crippen molar-refractivity contribution in [2.24, 2.45) is 5.92 Å². The van der Waals surface area contributed by atoms with Gasteiger partial charge in [0.2, 0.25) is 5.76 Å². The van der Waals surface area contributed by atoms with Crippen LogP contribution in [0.25, 0.3) is 0 Å². The third-order valence-corrected chi connectivity index (χ3v) is 5.06. The summed E-state index contributed by atoms with van der Waals surface area (Å²) in [4.78, 5) is 14.4. The Kier molecular flexibility index (Phi) is 4.16. The van der Waals surface area contributed by atoms with Crippen molar-refractivity contribution in [1.82, 2.24) is 19.9 Å². The van der Waals surface area contributed by atoms with Crippen LogP contribution in [0.15, 0.2) is 17.7 Å². The summed E-state index contributed by atoms with van der Waals surface area (Å²) >= 11 is 0. The number of nitrogens with zero attached hydrogens (tertiary/aromatic N) is 4. The monoisotopic (exact) mass is 332 g/mol. The molecule has 0 bridgehead atoms. The molecule has 1 aromatic rings. The van der Waals surface area contributed by atoms with Gasteiger partial charge in [-0.15, -0.1) is 5.10 Å². The van der Waals surface area contributed by atoms with Gasteiger partial charge in [0.15, 0.2) is 0 Å². The molecule has 1 aliphatic carbocycles. The number of carbonyl (C=O) groups excluding carboxylic acids is 1. The van der Waals surface area contributed by atoms with Crippen molar-refractivity contribution in [3.63, 3.8) is 0 Å². The van der Waals surface area contributed by atoms with Crippen LogP contribution >= 0.6 is 0 Å². The van der Waals surface area contributed by atoms with Gasteiger partial charge in [-0.25, -0.2) is 0 Å². The summed E-state index contributed by atoms with van der Waals surface area (Å²) in [6, 6.07) is 0. The minimum absolute atomic E-state index is 0.0394. The first-order valence-corrected chi connectivity index (χ1v) is 8.86. The Balaban J connectivity index is 1.30. The van der Waals surface area contributed by atoms with Gasteiger partial charge in [0.25, 0.3) is 5.91 Å². The molecule has 24 heavy (non-hydrogen) atoms. The average Bonchev–Trinajstić information content (AvgIpc) is 3.35. The minimum atomic E-state index is -0.0394. The number of aromatic nitrogens is 3. The van der Waals surface area contributed by atoms with Crippen molar-refractivity contribution in [2.75, 3.05) is 26.3 Å². The Hall–Kier alpha value is -2.05. The molecule has 0 atom stereocenters. The maximum absolute atomic E-state index is 12.5. The summed E-state index contributed by atoms with van der Waals surface area (Å²) in [7, 11) is 0. The maximum Gasteiger partial charge on any atom is 0.292 e. The number of allylic oxidation sites excluding steroid dienone is 1. The van der Waals surface area contributed by atoms with Gasteiger partial charge >= 0.3 is 0 Å².